The lowest BCUT2D eigenvalue weighted by molar-refractivity contribution is -0.121. The number of ether oxygens (including phenoxy) is 1. The Morgan fingerprint density at radius 3 is 2.20 bits per heavy atom. The molecule has 0 bridgehead atoms. The van der Waals surface area contributed by atoms with Gasteiger partial charge >= 0.3 is 0 Å². The van der Waals surface area contributed by atoms with Crippen molar-refractivity contribution in [2.24, 2.45) is 23.5 Å². The third-order valence-electron chi connectivity index (χ3n) is 10.8. The van der Waals surface area contributed by atoms with Gasteiger partial charge in [0.05, 0.1) is 11.4 Å². The van der Waals surface area contributed by atoms with Gasteiger partial charge < -0.3 is 20.3 Å². The van der Waals surface area contributed by atoms with Crippen molar-refractivity contribution in [3.8, 4) is 11.1 Å². The monoisotopic (exact) mass is 708 g/mol. The highest BCUT2D eigenvalue weighted by molar-refractivity contribution is 6.76. The van der Waals surface area contributed by atoms with Gasteiger partial charge in [-0.3, -0.25) is 9.59 Å². The van der Waals surface area contributed by atoms with Gasteiger partial charge in [-0.15, -0.1) is 0 Å². The molecule has 3 aromatic heterocycles. The smallest absolute Gasteiger partial charge is 0.254 e. The number of hydrogen-bond donors (Lipinski definition) is 2. The second-order valence-corrected chi connectivity index (χ2v) is 21.7. The van der Waals surface area contributed by atoms with Crippen LogP contribution in [-0.4, -0.2) is 46.4 Å². The first-order valence-electron chi connectivity index (χ1n) is 18.7. The van der Waals surface area contributed by atoms with E-state index in [-0.39, 0.29) is 46.7 Å². The Morgan fingerprint density at radius 2 is 1.66 bits per heavy atom. The molecule has 50 heavy (non-hydrogen) atoms. The van der Waals surface area contributed by atoms with Crippen molar-refractivity contribution in [3.05, 3.63) is 46.5 Å². The van der Waals surface area contributed by atoms with E-state index in [1.165, 1.54) is 12.8 Å². The minimum Gasteiger partial charge on any atom is -0.365 e. The van der Waals surface area contributed by atoms with Gasteiger partial charge in [0.25, 0.3) is 5.91 Å². The molecule has 3 heterocycles. The average Bonchev–Trinajstić information content (AvgIpc) is 3.63. The number of rotatable bonds is 14. The van der Waals surface area contributed by atoms with Crippen molar-refractivity contribution in [1.82, 2.24) is 19.9 Å². The second-order valence-electron chi connectivity index (χ2n) is 16.1. The highest BCUT2D eigenvalue weighted by Gasteiger charge is 2.45. The van der Waals surface area contributed by atoms with E-state index >= 15 is 4.39 Å². The topological polar surface area (TPSA) is 138 Å². The van der Waals surface area contributed by atoms with Crippen molar-refractivity contribution < 1.29 is 23.2 Å². The molecule has 3 N–H and O–H groups in total. The number of halogens is 1. The summed E-state index contributed by atoms with van der Waals surface area (Å²) >= 11 is 0. The molecule has 5 rings (SSSR count). The fourth-order valence-electron chi connectivity index (χ4n) is 8.24. The van der Waals surface area contributed by atoms with Gasteiger partial charge in [-0.1, -0.05) is 103 Å². The highest BCUT2D eigenvalue weighted by atomic mass is 28.3. The second kappa shape index (κ2) is 16.3. The number of pyridine rings is 1. The van der Waals surface area contributed by atoms with Gasteiger partial charge in [0.15, 0.2) is 5.76 Å². The maximum Gasteiger partial charge on any atom is 0.254 e. The van der Waals surface area contributed by atoms with Gasteiger partial charge in [-0.25, -0.2) is 9.67 Å². The lowest BCUT2D eigenvalue weighted by Gasteiger charge is -2.41. The predicted octanol–water partition coefficient (Wildman–Crippen LogP) is 8.72. The quantitative estimate of drug-likeness (QED) is 0.0970. The molecule has 12 heteroatoms. The van der Waals surface area contributed by atoms with Gasteiger partial charge in [0.2, 0.25) is 11.9 Å². The molecule has 2 aliphatic carbocycles. The van der Waals surface area contributed by atoms with Crippen LogP contribution in [0.2, 0.25) is 25.7 Å². The van der Waals surface area contributed by atoms with Crippen LogP contribution in [-0.2, 0) is 16.3 Å². The predicted molar refractivity (Wildman–Crippen MR) is 196 cm³/mol. The summed E-state index contributed by atoms with van der Waals surface area (Å²) in [7, 11) is -1.23. The Hall–Kier alpha value is -3.38. The molecule has 2 aliphatic rings. The van der Waals surface area contributed by atoms with E-state index in [2.05, 4.69) is 40.2 Å². The maximum atomic E-state index is 15.9. The summed E-state index contributed by atoms with van der Waals surface area (Å²) in [6.45, 7) is 15.5. The van der Waals surface area contributed by atoms with Crippen LogP contribution in [0, 0.1) is 37.5 Å². The van der Waals surface area contributed by atoms with Crippen LogP contribution in [0.5, 0.6) is 0 Å². The molecule has 0 saturated heterocycles. The van der Waals surface area contributed by atoms with Crippen LogP contribution < -0.4 is 11.1 Å². The largest absolute Gasteiger partial charge is 0.365 e. The van der Waals surface area contributed by atoms with Crippen molar-refractivity contribution >= 4 is 25.7 Å². The summed E-state index contributed by atoms with van der Waals surface area (Å²) in [4.78, 5) is 31.8. The normalized spacial score (nSPS) is 17.1. The molecule has 2 amide bonds. The Balaban J connectivity index is 1.47. The van der Waals surface area contributed by atoms with E-state index in [1.54, 1.807) is 16.8 Å². The maximum absolute atomic E-state index is 15.9. The molecule has 274 valence electrons. The van der Waals surface area contributed by atoms with Crippen molar-refractivity contribution in [3.63, 3.8) is 0 Å². The molecular weight excluding hydrogens is 652 g/mol. The summed E-state index contributed by atoms with van der Waals surface area (Å²) in [6.07, 6.45) is 10.8. The van der Waals surface area contributed by atoms with E-state index in [9.17, 15) is 9.59 Å². The van der Waals surface area contributed by atoms with Gasteiger partial charge in [-0.05, 0) is 55.7 Å². The Kier molecular flexibility index (Phi) is 12.4. The first-order valence-corrected chi connectivity index (χ1v) is 22.4. The van der Waals surface area contributed by atoms with Crippen LogP contribution in [0.15, 0.2) is 16.7 Å². The Labute approximate surface area is 297 Å². The lowest BCUT2D eigenvalue weighted by Crippen LogP contribution is -2.39. The summed E-state index contributed by atoms with van der Waals surface area (Å²) in [5, 5.41) is 11.8. The molecule has 0 spiro atoms. The SMILES string of the molecule is Cc1nn(COCC[Si](C)(C)C)c(C)c1-c1ccc(NC(=O)[C@H](c2onc(C(C)C)c2C(N)=O)C(C2CCCCC2)C2CCCCC2)nc1F. The molecule has 2 fully saturated rings. The van der Waals surface area contributed by atoms with E-state index in [0.717, 1.165) is 63.1 Å². The standard InChI is InChI=1S/C38H57FN6O4Si/c1-23(2)34-33(37(40)46)35(49-44-34)32(31(26-14-10-8-11-15-26)27-16-12-9-13-17-27)38(47)42-29-19-18-28(36(39)41-29)30-24(3)43-45(25(30)4)22-48-20-21-50(5,6)7/h18-19,23,26-27,31-32H,8-17,20-22H2,1-7H3,(H2,40,46)(H,41,42,47)/t32-/m0/s1. The third kappa shape index (κ3) is 8.73. The van der Waals surface area contributed by atoms with E-state index in [1.807, 2.05) is 27.7 Å². The average molecular weight is 709 g/mol. The molecule has 0 aliphatic heterocycles. The van der Waals surface area contributed by atoms with Crippen LogP contribution in [0.3, 0.4) is 0 Å². The number of nitrogens with one attached hydrogen (secondary N) is 1. The molecule has 3 aromatic rings. The lowest BCUT2D eigenvalue weighted by atomic mass is 9.63. The molecule has 1 atom stereocenters. The van der Waals surface area contributed by atoms with Crippen LogP contribution in [0.4, 0.5) is 10.2 Å². The first-order chi connectivity index (χ1) is 23.8. The molecule has 2 saturated carbocycles. The molecular formula is C38H57FN6O4Si. The van der Waals surface area contributed by atoms with Crippen molar-refractivity contribution in [2.75, 3.05) is 11.9 Å². The summed E-state index contributed by atoms with van der Waals surface area (Å²) in [5.41, 5.74) is 9.02. The minimum atomic E-state index is -1.23. The fourth-order valence-corrected chi connectivity index (χ4v) is 9.00. The van der Waals surface area contributed by atoms with Crippen molar-refractivity contribution in [1.29, 1.82) is 0 Å². The van der Waals surface area contributed by atoms with E-state index in [0.29, 0.717) is 35.9 Å². The number of anilines is 1. The molecule has 0 unspecified atom stereocenters. The number of carbonyl (C=O) groups is 2. The summed E-state index contributed by atoms with van der Waals surface area (Å²) in [6, 6.07) is 4.31. The summed E-state index contributed by atoms with van der Waals surface area (Å²) < 4.78 is 29.5. The van der Waals surface area contributed by atoms with E-state index < -0.39 is 25.8 Å². The Morgan fingerprint density at radius 1 is 1.04 bits per heavy atom. The Bertz CT molecular complexity index is 1620. The number of primary amides is 1. The zero-order chi connectivity index (χ0) is 36.2. The van der Waals surface area contributed by atoms with Gasteiger partial charge in [-0.2, -0.15) is 9.49 Å². The molecule has 10 nitrogen and oxygen atoms in total. The first kappa shape index (κ1) is 37.9. The highest BCUT2D eigenvalue weighted by Crippen LogP contribution is 2.48. The summed E-state index contributed by atoms with van der Waals surface area (Å²) in [5.74, 6) is -1.89. The van der Waals surface area contributed by atoms with Crippen LogP contribution >= 0.6 is 0 Å². The number of aromatic nitrogens is 4. The third-order valence-corrected chi connectivity index (χ3v) is 12.5. The number of carbonyl (C=O) groups excluding carboxylic acids is 2. The molecule has 0 aromatic carbocycles. The fraction of sp³-hybridized carbons (Fsp3) is 0.658. The van der Waals surface area contributed by atoms with Gasteiger partial charge in [0, 0.05) is 31.5 Å². The van der Waals surface area contributed by atoms with Crippen LogP contribution in [0.25, 0.3) is 11.1 Å². The number of amides is 2. The number of aryl methyl sites for hydroxylation is 1. The van der Waals surface area contributed by atoms with Crippen LogP contribution in [0.1, 0.15) is 123 Å². The minimum absolute atomic E-state index is 0.0742. The zero-order valence-electron chi connectivity index (χ0n) is 31.1. The molecule has 0 radical (unpaired) electrons. The number of hydrogen-bond acceptors (Lipinski definition) is 7. The van der Waals surface area contributed by atoms with Crippen molar-refractivity contribution in [2.45, 2.75) is 136 Å². The van der Waals surface area contributed by atoms with E-state index in [4.69, 9.17) is 15.0 Å². The van der Waals surface area contributed by atoms with Gasteiger partial charge in [0.1, 0.15) is 24.0 Å². The zero-order valence-corrected chi connectivity index (χ0v) is 32.1. The number of nitrogens with two attached hydrogens (primary N) is 1. The number of nitrogens with zero attached hydrogens (tertiary/aromatic N) is 4.